The second-order valence-corrected chi connectivity index (χ2v) is 9.61. The standard InChI is InChI=1S/C27H23F3N4OS/c1-17-15-23-25(33-24(34-26(23)36-17)21-12-14-31-16-21)32-13-2-3-18-4-6-19(7-5-18)20-8-10-22(11-9-20)35-27(28,29)30/h4-12,14-16,31H,2-3,13H2,1H3,(H,32,33,34). The molecule has 5 rings (SSSR count). The van der Waals surface area contributed by atoms with Gasteiger partial charge in [-0.25, -0.2) is 9.97 Å². The van der Waals surface area contributed by atoms with E-state index in [0.29, 0.717) is 5.82 Å². The van der Waals surface area contributed by atoms with E-state index in [0.717, 1.165) is 52.1 Å². The van der Waals surface area contributed by atoms with E-state index in [-0.39, 0.29) is 5.75 Å². The highest BCUT2D eigenvalue weighted by molar-refractivity contribution is 7.18. The van der Waals surface area contributed by atoms with Crippen molar-refractivity contribution in [3.8, 4) is 28.3 Å². The Morgan fingerprint density at radius 1 is 0.944 bits per heavy atom. The molecule has 2 N–H and O–H groups in total. The molecule has 5 nitrogen and oxygen atoms in total. The van der Waals surface area contributed by atoms with Crippen LogP contribution in [0.2, 0.25) is 0 Å². The first-order valence-corrected chi connectivity index (χ1v) is 12.3. The first-order chi connectivity index (χ1) is 17.3. The van der Waals surface area contributed by atoms with Crippen LogP contribution in [0, 0.1) is 6.92 Å². The minimum absolute atomic E-state index is 0.228. The fraction of sp³-hybridized carbons (Fsp3) is 0.185. The van der Waals surface area contributed by atoms with E-state index in [9.17, 15) is 13.2 Å². The van der Waals surface area contributed by atoms with Crippen molar-refractivity contribution < 1.29 is 17.9 Å². The molecule has 0 spiro atoms. The normalized spacial score (nSPS) is 11.7. The summed E-state index contributed by atoms with van der Waals surface area (Å²) in [5.74, 6) is 1.31. The lowest BCUT2D eigenvalue weighted by atomic mass is 10.0. The number of halogens is 3. The fourth-order valence-corrected chi connectivity index (χ4v) is 4.86. The molecule has 0 aliphatic heterocycles. The Morgan fingerprint density at radius 2 is 1.67 bits per heavy atom. The van der Waals surface area contributed by atoms with Crippen LogP contribution in [0.1, 0.15) is 16.9 Å². The number of aryl methyl sites for hydroxylation is 2. The lowest BCUT2D eigenvalue weighted by molar-refractivity contribution is -0.274. The van der Waals surface area contributed by atoms with E-state index in [1.54, 1.807) is 23.5 Å². The van der Waals surface area contributed by atoms with E-state index in [2.05, 4.69) is 28.0 Å². The topological polar surface area (TPSA) is 62.8 Å². The van der Waals surface area contributed by atoms with Crippen LogP contribution in [-0.4, -0.2) is 27.9 Å². The Labute approximate surface area is 210 Å². The predicted molar refractivity (Wildman–Crippen MR) is 137 cm³/mol. The van der Waals surface area contributed by atoms with E-state index in [4.69, 9.17) is 9.97 Å². The van der Waals surface area contributed by atoms with Crippen LogP contribution in [0.5, 0.6) is 5.75 Å². The van der Waals surface area contributed by atoms with Gasteiger partial charge in [-0.15, -0.1) is 24.5 Å². The highest BCUT2D eigenvalue weighted by Gasteiger charge is 2.30. The first kappa shape index (κ1) is 23.9. The number of H-pyrrole nitrogens is 1. The monoisotopic (exact) mass is 508 g/mol. The Kier molecular flexibility index (Phi) is 6.65. The van der Waals surface area contributed by atoms with E-state index in [1.165, 1.54) is 22.6 Å². The van der Waals surface area contributed by atoms with E-state index >= 15 is 0 Å². The third-order valence-electron chi connectivity index (χ3n) is 5.68. The van der Waals surface area contributed by atoms with Crippen LogP contribution >= 0.6 is 11.3 Å². The van der Waals surface area contributed by atoms with Gasteiger partial charge < -0.3 is 15.0 Å². The van der Waals surface area contributed by atoms with Crippen LogP contribution in [0.15, 0.2) is 73.1 Å². The smallest absolute Gasteiger partial charge is 0.406 e. The second-order valence-electron chi connectivity index (χ2n) is 8.37. The molecule has 3 aromatic heterocycles. The molecular formula is C27H23F3N4OS. The minimum atomic E-state index is -4.69. The number of aromatic nitrogens is 3. The van der Waals surface area contributed by atoms with Crippen LogP contribution in [0.3, 0.4) is 0 Å². The Balaban J connectivity index is 1.20. The molecule has 5 aromatic rings. The molecule has 3 heterocycles. The summed E-state index contributed by atoms with van der Waals surface area (Å²) in [5, 5.41) is 4.52. The third kappa shape index (κ3) is 5.68. The molecule has 0 radical (unpaired) electrons. The predicted octanol–water partition coefficient (Wildman–Crippen LogP) is 7.61. The number of fused-ring (bicyclic) bond motifs is 1. The summed E-state index contributed by atoms with van der Waals surface area (Å²) in [4.78, 5) is 14.7. The van der Waals surface area contributed by atoms with Gasteiger partial charge >= 0.3 is 6.36 Å². The van der Waals surface area contributed by atoms with Crippen molar-refractivity contribution in [3.63, 3.8) is 0 Å². The first-order valence-electron chi connectivity index (χ1n) is 11.4. The van der Waals surface area contributed by atoms with Gasteiger partial charge in [-0.1, -0.05) is 36.4 Å². The summed E-state index contributed by atoms with van der Waals surface area (Å²) < 4.78 is 41.0. The number of aromatic amines is 1. The summed E-state index contributed by atoms with van der Waals surface area (Å²) in [5.41, 5.74) is 3.90. The molecule has 2 aromatic carbocycles. The second kappa shape index (κ2) is 10.0. The SMILES string of the molecule is Cc1cc2c(NCCCc3ccc(-c4ccc(OC(F)(F)F)cc4)cc3)nc(-c3cc[nH]c3)nc2s1. The summed E-state index contributed by atoms with van der Waals surface area (Å²) >= 11 is 1.66. The zero-order valence-electron chi connectivity index (χ0n) is 19.4. The number of nitrogens with one attached hydrogen (secondary N) is 2. The summed E-state index contributed by atoms with van der Waals surface area (Å²) in [6, 6.07) is 18.0. The molecule has 184 valence electrons. The maximum atomic E-state index is 12.3. The Hall–Kier alpha value is -3.85. The fourth-order valence-electron chi connectivity index (χ4n) is 3.98. The Morgan fingerprint density at radius 3 is 2.33 bits per heavy atom. The van der Waals surface area contributed by atoms with Crippen molar-refractivity contribution in [2.75, 3.05) is 11.9 Å². The number of hydrogen-bond donors (Lipinski definition) is 2. The van der Waals surface area contributed by atoms with Gasteiger partial charge in [0.15, 0.2) is 5.82 Å². The van der Waals surface area contributed by atoms with Crippen molar-refractivity contribution >= 4 is 27.4 Å². The van der Waals surface area contributed by atoms with E-state index < -0.39 is 6.36 Å². The van der Waals surface area contributed by atoms with Crippen molar-refractivity contribution in [2.45, 2.75) is 26.1 Å². The van der Waals surface area contributed by atoms with Crippen LogP contribution in [-0.2, 0) is 6.42 Å². The van der Waals surface area contributed by atoms with Gasteiger partial charge in [0.1, 0.15) is 16.4 Å². The van der Waals surface area contributed by atoms with Gasteiger partial charge in [-0.2, -0.15) is 0 Å². The van der Waals surface area contributed by atoms with Gasteiger partial charge in [-0.05, 0) is 60.7 Å². The van der Waals surface area contributed by atoms with E-state index in [1.807, 2.05) is 42.7 Å². The largest absolute Gasteiger partial charge is 0.573 e. The molecule has 0 atom stereocenters. The summed E-state index contributed by atoms with van der Waals surface area (Å²) in [7, 11) is 0. The maximum absolute atomic E-state index is 12.3. The lowest BCUT2D eigenvalue weighted by Gasteiger charge is -2.10. The summed E-state index contributed by atoms with van der Waals surface area (Å²) in [6.45, 7) is 2.83. The molecule has 36 heavy (non-hydrogen) atoms. The number of ether oxygens (including phenoxy) is 1. The zero-order chi connectivity index (χ0) is 25.1. The minimum Gasteiger partial charge on any atom is -0.406 e. The third-order valence-corrected chi connectivity index (χ3v) is 6.63. The zero-order valence-corrected chi connectivity index (χ0v) is 20.2. The van der Waals surface area contributed by atoms with Gasteiger partial charge in [0.25, 0.3) is 0 Å². The maximum Gasteiger partial charge on any atom is 0.573 e. The van der Waals surface area contributed by atoms with Crippen LogP contribution in [0.4, 0.5) is 19.0 Å². The highest BCUT2D eigenvalue weighted by atomic mass is 32.1. The quantitative estimate of drug-likeness (QED) is 0.212. The highest BCUT2D eigenvalue weighted by Crippen LogP contribution is 2.31. The molecular weight excluding hydrogens is 485 g/mol. The number of alkyl halides is 3. The molecule has 0 unspecified atom stereocenters. The number of benzene rings is 2. The number of rotatable bonds is 8. The molecule has 0 aliphatic rings. The van der Waals surface area contributed by atoms with Crippen molar-refractivity contribution in [3.05, 3.63) is 83.5 Å². The molecule has 0 saturated heterocycles. The number of thiophene rings is 1. The van der Waals surface area contributed by atoms with Crippen molar-refractivity contribution in [1.82, 2.24) is 15.0 Å². The average molecular weight is 509 g/mol. The lowest BCUT2D eigenvalue weighted by Crippen LogP contribution is -2.16. The molecule has 0 fully saturated rings. The van der Waals surface area contributed by atoms with Gasteiger partial charge in [0, 0.05) is 29.4 Å². The average Bonchev–Trinajstić information content (AvgIpc) is 3.51. The van der Waals surface area contributed by atoms with Gasteiger partial charge in [0.2, 0.25) is 0 Å². The Bertz CT molecular complexity index is 1440. The van der Waals surface area contributed by atoms with Crippen molar-refractivity contribution in [2.24, 2.45) is 0 Å². The molecule has 0 bridgehead atoms. The van der Waals surface area contributed by atoms with Crippen molar-refractivity contribution in [1.29, 1.82) is 0 Å². The van der Waals surface area contributed by atoms with Gasteiger partial charge in [0.05, 0.1) is 5.39 Å². The summed E-state index contributed by atoms with van der Waals surface area (Å²) in [6.07, 6.45) is 0.854. The molecule has 0 aliphatic carbocycles. The number of nitrogens with zero attached hydrogens (tertiary/aromatic N) is 2. The van der Waals surface area contributed by atoms with Crippen LogP contribution < -0.4 is 10.1 Å². The number of hydrogen-bond acceptors (Lipinski definition) is 5. The van der Waals surface area contributed by atoms with Gasteiger partial charge in [-0.3, -0.25) is 0 Å². The molecule has 9 heteroatoms. The van der Waals surface area contributed by atoms with Crippen LogP contribution in [0.25, 0.3) is 32.7 Å². The molecule has 0 amide bonds. The number of anilines is 1. The molecule has 0 saturated carbocycles.